The topological polar surface area (TPSA) is 30.0 Å². The van der Waals surface area contributed by atoms with Gasteiger partial charge in [0.2, 0.25) is 0 Å². The lowest BCUT2D eigenvalue weighted by atomic mass is 10.1. The van der Waals surface area contributed by atoms with Gasteiger partial charge in [-0.15, -0.1) is 11.3 Å². The number of Topliss-reactive ketones (excluding diaryl/α,β-unsaturated/α-hetero) is 1. The minimum atomic E-state index is 0.0971. The van der Waals surface area contributed by atoms with Crippen molar-refractivity contribution in [2.45, 2.75) is 6.42 Å². The zero-order valence-corrected chi connectivity index (χ0v) is 9.39. The van der Waals surface area contributed by atoms with Crippen LogP contribution in [-0.4, -0.2) is 10.8 Å². The van der Waals surface area contributed by atoms with Crippen LogP contribution in [0.4, 0.5) is 0 Å². The number of carbonyl (C=O) groups is 1. The van der Waals surface area contributed by atoms with Crippen molar-refractivity contribution >= 4 is 28.7 Å². The van der Waals surface area contributed by atoms with Crippen molar-refractivity contribution in [3.05, 3.63) is 51.4 Å². The van der Waals surface area contributed by atoms with Gasteiger partial charge in [-0.1, -0.05) is 23.7 Å². The molecule has 0 radical (unpaired) electrons. The highest BCUT2D eigenvalue weighted by Gasteiger charge is 2.08. The number of thiazole rings is 1. The van der Waals surface area contributed by atoms with Crippen LogP contribution in [0.5, 0.6) is 0 Å². The van der Waals surface area contributed by atoms with Gasteiger partial charge in [0.1, 0.15) is 0 Å². The quantitative estimate of drug-likeness (QED) is 0.768. The van der Waals surface area contributed by atoms with E-state index >= 15 is 0 Å². The molecule has 76 valence electrons. The first kappa shape index (κ1) is 10.3. The fourth-order valence-electron chi connectivity index (χ4n) is 1.23. The summed E-state index contributed by atoms with van der Waals surface area (Å²) < 4.78 is 0. The standard InChI is InChI=1S/C11H8ClNOS/c12-9-3-1-8(2-4-9)5-10(14)11-6-13-7-15-11/h1-4,6-7H,5H2. The van der Waals surface area contributed by atoms with E-state index in [4.69, 9.17) is 11.6 Å². The lowest BCUT2D eigenvalue weighted by Crippen LogP contribution is -2.00. The van der Waals surface area contributed by atoms with Crippen LogP contribution in [0.3, 0.4) is 0 Å². The summed E-state index contributed by atoms with van der Waals surface area (Å²) in [6, 6.07) is 7.30. The highest BCUT2D eigenvalue weighted by atomic mass is 35.5. The summed E-state index contributed by atoms with van der Waals surface area (Å²) in [5.41, 5.74) is 2.63. The number of hydrogen-bond donors (Lipinski definition) is 0. The molecule has 0 fully saturated rings. The summed E-state index contributed by atoms with van der Waals surface area (Å²) in [5.74, 6) is 0.0971. The summed E-state index contributed by atoms with van der Waals surface area (Å²) in [6.07, 6.45) is 2.00. The second-order valence-electron chi connectivity index (χ2n) is 3.09. The van der Waals surface area contributed by atoms with Crippen molar-refractivity contribution < 1.29 is 4.79 Å². The van der Waals surface area contributed by atoms with E-state index in [0.29, 0.717) is 16.3 Å². The van der Waals surface area contributed by atoms with Gasteiger partial charge in [-0.3, -0.25) is 9.78 Å². The molecular formula is C11H8ClNOS. The zero-order valence-electron chi connectivity index (χ0n) is 7.81. The van der Waals surface area contributed by atoms with Crippen LogP contribution in [0.25, 0.3) is 0 Å². The average Bonchev–Trinajstić information content (AvgIpc) is 2.74. The molecule has 0 bridgehead atoms. The van der Waals surface area contributed by atoms with Gasteiger partial charge in [-0.2, -0.15) is 0 Å². The lowest BCUT2D eigenvalue weighted by Gasteiger charge is -1.98. The maximum absolute atomic E-state index is 11.7. The van der Waals surface area contributed by atoms with Crippen molar-refractivity contribution in [2.75, 3.05) is 0 Å². The van der Waals surface area contributed by atoms with Gasteiger partial charge >= 0.3 is 0 Å². The molecule has 0 unspecified atom stereocenters. The largest absolute Gasteiger partial charge is 0.293 e. The molecule has 2 aromatic rings. The van der Waals surface area contributed by atoms with Gasteiger partial charge in [0.15, 0.2) is 5.78 Å². The molecule has 0 amide bonds. The van der Waals surface area contributed by atoms with Gasteiger partial charge in [0, 0.05) is 17.6 Å². The Morgan fingerprint density at radius 3 is 2.67 bits per heavy atom. The van der Waals surface area contributed by atoms with Crippen molar-refractivity contribution in [1.29, 1.82) is 0 Å². The van der Waals surface area contributed by atoms with E-state index in [1.54, 1.807) is 23.8 Å². The minimum absolute atomic E-state index is 0.0971. The van der Waals surface area contributed by atoms with Gasteiger partial charge in [-0.25, -0.2) is 0 Å². The van der Waals surface area contributed by atoms with E-state index in [1.165, 1.54) is 11.3 Å². The molecular weight excluding hydrogens is 230 g/mol. The van der Waals surface area contributed by atoms with Crippen LogP contribution in [-0.2, 0) is 6.42 Å². The summed E-state index contributed by atoms with van der Waals surface area (Å²) in [4.78, 5) is 16.3. The Labute approximate surface area is 96.5 Å². The van der Waals surface area contributed by atoms with Gasteiger partial charge in [-0.05, 0) is 17.7 Å². The molecule has 1 aromatic carbocycles. The number of halogens is 1. The number of nitrogens with zero attached hydrogens (tertiary/aromatic N) is 1. The summed E-state index contributed by atoms with van der Waals surface area (Å²) in [7, 11) is 0. The Morgan fingerprint density at radius 2 is 2.07 bits per heavy atom. The molecule has 0 saturated heterocycles. The van der Waals surface area contributed by atoms with E-state index in [2.05, 4.69) is 4.98 Å². The third kappa shape index (κ3) is 2.64. The second-order valence-corrected chi connectivity index (χ2v) is 4.41. The molecule has 15 heavy (non-hydrogen) atoms. The van der Waals surface area contributed by atoms with Crippen LogP contribution in [0.2, 0.25) is 5.02 Å². The van der Waals surface area contributed by atoms with E-state index in [0.717, 1.165) is 5.56 Å². The monoisotopic (exact) mass is 237 g/mol. The van der Waals surface area contributed by atoms with Crippen molar-refractivity contribution in [1.82, 2.24) is 4.98 Å². The highest BCUT2D eigenvalue weighted by molar-refractivity contribution is 7.11. The molecule has 0 atom stereocenters. The van der Waals surface area contributed by atoms with Crippen molar-refractivity contribution in [2.24, 2.45) is 0 Å². The van der Waals surface area contributed by atoms with E-state index in [-0.39, 0.29) is 5.78 Å². The molecule has 0 aliphatic heterocycles. The Balaban J connectivity index is 2.09. The lowest BCUT2D eigenvalue weighted by molar-refractivity contribution is 0.0996. The predicted octanol–water partition coefficient (Wildman–Crippen LogP) is 3.22. The minimum Gasteiger partial charge on any atom is -0.293 e. The van der Waals surface area contributed by atoms with Crippen LogP contribution >= 0.6 is 22.9 Å². The summed E-state index contributed by atoms with van der Waals surface area (Å²) >= 11 is 7.12. The fourth-order valence-corrected chi connectivity index (χ4v) is 1.91. The van der Waals surface area contributed by atoms with E-state index < -0.39 is 0 Å². The number of hydrogen-bond acceptors (Lipinski definition) is 3. The summed E-state index contributed by atoms with van der Waals surface area (Å²) in [6.45, 7) is 0. The van der Waals surface area contributed by atoms with Crippen molar-refractivity contribution in [3.8, 4) is 0 Å². The number of carbonyl (C=O) groups excluding carboxylic acids is 1. The molecule has 0 saturated carbocycles. The first-order valence-electron chi connectivity index (χ1n) is 4.42. The molecule has 4 heteroatoms. The van der Waals surface area contributed by atoms with E-state index in [9.17, 15) is 4.79 Å². The zero-order chi connectivity index (χ0) is 10.7. The van der Waals surface area contributed by atoms with Gasteiger partial charge < -0.3 is 0 Å². The first-order chi connectivity index (χ1) is 7.25. The predicted molar refractivity (Wildman–Crippen MR) is 61.6 cm³/mol. The molecule has 0 N–H and O–H groups in total. The Hall–Kier alpha value is -1.19. The molecule has 0 spiro atoms. The van der Waals surface area contributed by atoms with Crippen LogP contribution < -0.4 is 0 Å². The third-order valence-corrected chi connectivity index (χ3v) is 3.05. The highest BCUT2D eigenvalue weighted by Crippen LogP contribution is 2.13. The van der Waals surface area contributed by atoms with Crippen LogP contribution in [0, 0.1) is 0 Å². The smallest absolute Gasteiger partial charge is 0.178 e. The van der Waals surface area contributed by atoms with Crippen molar-refractivity contribution in [3.63, 3.8) is 0 Å². The second kappa shape index (κ2) is 4.55. The molecule has 2 rings (SSSR count). The maximum Gasteiger partial charge on any atom is 0.178 e. The normalized spacial score (nSPS) is 10.2. The third-order valence-electron chi connectivity index (χ3n) is 1.99. The van der Waals surface area contributed by atoms with Gasteiger partial charge in [0.05, 0.1) is 10.4 Å². The Morgan fingerprint density at radius 1 is 1.33 bits per heavy atom. The fraction of sp³-hybridized carbons (Fsp3) is 0.0909. The number of rotatable bonds is 3. The summed E-state index contributed by atoms with van der Waals surface area (Å²) in [5, 5.41) is 0.684. The number of benzene rings is 1. The molecule has 1 aromatic heterocycles. The Bertz CT molecular complexity index is 450. The SMILES string of the molecule is O=C(Cc1ccc(Cl)cc1)c1cncs1. The molecule has 0 aliphatic rings. The van der Waals surface area contributed by atoms with Crippen LogP contribution in [0.15, 0.2) is 36.0 Å². The molecule has 1 heterocycles. The molecule has 2 nitrogen and oxygen atoms in total. The first-order valence-corrected chi connectivity index (χ1v) is 5.67. The Kier molecular flexibility index (Phi) is 3.14. The average molecular weight is 238 g/mol. The number of aromatic nitrogens is 1. The maximum atomic E-state index is 11.7. The van der Waals surface area contributed by atoms with E-state index in [1.807, 2.05) is 12.1 Å². The molecule has 0 aliphatic carbocycles. The van der Waals surface area contributed by atoms with Crippen LogP contribution in [0.1, 0.15) is 15.2 Å². The number of ketones is 1. The van der Waals surface area contributed by atoms with Gasteiger partial charge in [0.25, 0.3) is 0 Å².